The van der Waals surface area contributed by atoms with Gasteiger partial charge in [0.25, 0.3) is 0 Å². The third-order valence-corrected chi connectivity index (χ3v) is 4.61. The molecule has 3 atom stereocenters. The number of nitrogens with one attached hydrogen (secondary N) is 1. The topological polar surface area (TPSA) is 68.1 Å². The molecule has 1 aliphatic rings. The van der Waals surface area contributed by atoms with Crippen LogP contribution in [0.15, 0.2) is 6.20 Å². The quantitative estimate of drug-likeness (QED) is 0.662. The molecule has 1 aromatic heterocycles. The zero-order valence-electron chi connectivity index (χ0n) is 10.0. The van der Waals surface area contributed by atoms with E-state index >= 15 is 0 Å². The summed E-state index contributed by atoms with van der Waals surface area (Å²) >= 11 is 1.12. The van der Waals surface area contributed by atoms with Gasteiger partial charge in [0.1, 0.15) is 6.20 Å². The molecule has 1 aromatic rings. The lowest BCUT2D eigenvalue weighted by molar-refractivity contribution is -0.380. The van der Waals surface area contributed by atoms with Crippen LogP contribution in [0, 0.1) is 22.0 Å². The van der Waals surface area contributed by atoms with E-state index in [9.17, 15) is 10.1 Å². The molecule has 0 aromatic carbocycles. The summed E-state index contributed by atoms with van der Waals surface area (Å²) in [5, 5.41) is 14.7. The van der Waals surface area contributed by atoms with Crippen molar-refractivity contribution in [2.24, 2.45) is 11.8 Å². The highest BCUT2D eigenvalue weighted by atomic mass is 32.1. The molecule has 1 N–H and O–H groups in total. The van der Waals surface area contributed by atoms with Gasteiger partial charge < -0.3 is 5.32 Å². The molecule has 3 unspecified atom stereocenters. The molecular formula is C11H17N3O2S. The van der Waals surface area contributed by atoms with Crippen molar-refractivity contribution in [3.63, 3.8) is 0 Å². The molecule has 2 rings (SSSR count). The predicted octanol–water partition coefficient (Wildman–Crippen LogP) is 3.29. The summed E-state index contributed by atoms with van der Waals surface area (Å²) in [5.41, 5.74) is 0. The van der Waals surface area contributed by atoms with E-state index in [-0.39, 0.29) is 5.00 Å². The van der Waals surface area contributed by atoms with Gasteiger partial charge in [-0.3, -0.25) is 10.1 Å². The van der Waals surface area contributed by atoms with E-state index in [1.54, 1.807) is 0 Å². The maximum absolute atomic E-state index is 10.6. The Balaban J connectivity index is 1.99. The van der Waals surface area contributed by atoms with Gasteiger partial charge in [-0.15, -0.1) is 0 Å². The number of anilines is 1. The van der Waals surface area contributed by atoms with Crippen LogP contribution in [0.5, 0.6) is 0 Å². The van der Waals surface area contributed by atoms with E-state index in [0.717, 1.165) is 23.7 Å². The van der Waals surface area contributed by atoms with Gasteiger partial charge in [0.05, 0.1) is 4.92 Å². The van der Waals surface area contributed by atoms with Crippen LogP contribution < -0.4 is 5.32 Å². The molecule has 0 spiro atoms. The van der Waals surface area contributed by atoms with Crippen LogP contribution in [0.4, 0.5) is 10.1 Å². The van der Waals surface area contributed by atoms with Gasteiger partial charge in [-0.2, -0.15) is 0 Å². The Morgan fingerprint density at radius 3 is 2.94 bits per heavy atom. The Morgan fingerprint density at radius 1 is 1.65 bits per heavy atom. The van der Waals surface area contributed by atoms with E-state index in [0.29, 0.717) is 17.1 Å². The average Bonchev–Trinajstić information content (AvgIpc) is 2.88. The molecule has 1 heterocycles. The van der Waals surface area contributed by atoms with Crippen molar-refractivity contribution in [2.75, 3.05) is 5.32 Å². The van der Waals surface area contributed by atoms with Crippen LogP contribution in [-0.2, 0) is 0 Å². The van der Waals surface area contributed by atoms with Crippen LogP contribution in [0.25, 0.3) is 0 Å². The Hall–Kier alpha value is -1.17. The van der Waals surface area contributed by atoms with Crippen molar-refractivity contribution in [2.45, 2.75) is 39.2 Å². The fourth-order valence-corrected chi connectivity index (χ4v) is 3.30. The standard InChI is InChI=1S/C11H17N3O2S/c1-3-8-4-5-9(7(8)2)13-11-12-6-10(17-11)14(15)16/h6-9H,3-5H2,1-2H3,(H,12,13). The Kier molecular flexibility index (Phi) is 3.61. The smallest absolute Gasteiger partial charge is 0.345 e. The number of nitrogens with zero attached hydrogens (tertiary/aromatic N) is 2. The molecule has 1 aliphatic carbocycles. The van der Waals surface area contributed by atoms with Gasteiger partial charge in [-0.05, 0) is 36.0 Å². The lowest BCUT2D eigenvalue weighted by Crippen LogP contribution is -2.24. The molecule has 1 fully saturated rings. The summed E-state index contributed by atoms with van der Waals surface area (Å²) in [4.78, 5) is 14.2. The zero-order chi connectivity index (χ0) is 12.4. The minimum absolute atomic E-state index is 0.102. The largest absolute Gasteiger partial charge is 0.358 e. The van der Waals surface area contributed by atoms with Gasteiger partial charge in [-0.1, -0.05) is 20.3 Å². The summed E-state index contributed by atoms with van der Waals surface area (Å²) in [6.07, 6.45) is 4.90. The first-order valence-corrected chi connectivity index (χ1v) is 6.80. The molecule has 6 heteroatoms. The molecule has 1 saturated carbocycles. The van der Waals surface area contributed by atoms with E-state index in [2.05, 4.69) is 24.1 Å². The third-order valence-electron chi connectivity index (χ3n) is 3.73. The molecule has 0 aliphatic heterocycles. The first-order valence-electron chi connectivity index (χ1n) is 5.98. The molecule has 0 saturated heterocycles. The fourth-order valence-electron chi connectivity index (χ4n) is 2.60. The molecular weight excluding hydrogens is 238 g/mol. The highest BCUT2D eigenvalue weighted by Gasteiger charge is 2.32. The number of hydrogen-bond acceptors (Lipinski definition) is 5. The number of nitro groups is 1. The van der Waals surface area contributed by atoms with E-state index in [1.807, 2.05) is 0 Å². The summed E-state index contributed by atoms with van der Waals surface area (Å²) < 4.78 is 0. The monoisotopic (exact) mass is 255 g/mol. The van der Waals surface area contributed by atoms with Crippen molar-refractivity contribution in [1.29, 1.82) is 0 Å². The molecule has 5 nitrogen and oxygen atoms in total. The molecule has 0 bridgehead atoms. The lowest BCUT2D eigenvalue weighted by atomic mass is 9.94. The Labute approximate surface area is 104 Å². The van der Waals surface area contributed by atoms with E-state index < -0.39 is 4.92 Å². The maximum Gasteiger partial charge on any atom is 0.345 e. The van der Waals surface area contributed by atoms with Crippen molar-refractivity contribution in [1.82, 2.24) is 4.98 Å². The number of hydrogen-bond donors (Lipinski definition) is 1. The summed E-state index contributed by atoms with van der Waals surface area (Å²) in [6.45, 7) is 4.47. The normalized spacial score (nSPS) is 28.2. The van der Waals surface area contributed by atoms with Crippen LogP contribution in [0.3, 0.4) is 0 Å². The van der Waals surface area contributed by atoms with Gasteiger partial charge >= 0.3 is 5.00 Å². The van der Waals surface area contributed by atoms with E-state index in [1.165, 1.54) is 19.0 Å². The highest BCUT2D eigenvalue weighted by molar-refractivity contribution is 7.18. The first kappa shape index (κ1) is 12.3. The number of rotatable bonds is 4. The number of aromatic nitrogens is 1. The van der Waals surface area contributed by atoms with Crippen LogP contribution in [-0.4, -0.2) is 15.9 Å². The third kappa shape index (κ3) is 2.57. The fraction of sp³-hybridized carbons (Fsp3) is 0.727. The Bertz CT molecular complexity index is 407. The zero-order valence-corrected chi connectivity index (χ0v) is 10.9. The second kappa shape index (κ2) is 5.00. The van der Waals surface area contributed by atoms with E-state index in [4.69, 9.17) is 0 Å². The predicted molar refractivity (Wildman–Crippen MR) is 68.4 cm³/mol. The second-order valence-electron chi connectivity index (χ2n) is 4.62. The molecule has 94 valence electrons. The van der Waals surface area contributed by atoms with Crippen LogP contribution in [0.2, 0.25) is 0 Å². The summed E-state index contributed by atoms with van der Waals surface area (Å²) in [5.74, 6) is 1.38. The maximum atomic E-state index is 10.6. The van der Waals surface area contributed by atoms with Gasteiger partial charge in [0.2, 0.25) is 0 Å². The van der Waals surface area contributed by atoms with Crippen molar-refractivity contribution in [3.05, 3.63) is 16.3 Å². The lowest BCUT2D eigenvalue weighted by Gasteiger charge is -2.20. The molecule has 17 heavy (non-hydrogen) atoms. The van der Waals surface area contributed by atoms with Gasteiger partial charge in [0, 0.05) is 6.04 Å². The van der Waals surface area contributed by atoms with Crippen molar-refractivity contribution in [3.8, 4) is 0 Å². The summed E-state index contributed by atoms with van der Waals surface area (Å²) in [6, 6.07) is 0.408. The van der Waals surface area contributed by atoms with Gasteiger partial charge in [0.15, 0.2) is 5.13 Å². The highest BCUT2D eigenvalue weighted by Crippen LogP contribution is 2.36. The minimum atomic E-state index is -0.393. The minimum Gasteiger partial charge on any atom is -0.358 e. The first-order chi connectivity index (χ1) is 8.11. The molecule has 0 radical (unpaired) electrons. The second-order valence-corrected chi connectivity index (χ2v) is 5.63. The SMILES string of the molecule is CCC1CCC(Nc2ncc([N+](=O)[O-])s2)C1C. The van der Waals surface area contributed by atoms with Crippen molar-refractivity contribution >= 4 is 21.5 Å². The summed E-state index contributed by atoms with van der Waals surface area (Å²) in [7, 11) is 0. The Morgan fingerprint density at radius 2 is 2.41 bits per heavy atom. The van der Waals surface area contributed by atoms with Crippen LogP contribution in [0.1, 0.15) is 33.1 Å². The van der Waals surface area contributed by atoms with Gasteiger partial charge in [-0.25, -0.2) is 4.98 Å². The molecule has 0 amide bonds. The number of thiazole rings is 1. The average molecular weight is 255 g/mol. The van der Waals surface area contributed by atoms with Crippen molar-refractivity contribution < 1.29 is 4.92 Å². The van der Waals surface area contributed by atoms with Crippen LogP contribution >= 0.6 is 11.3 Å².